The van der Waals surface area contributed by atoms with E-state index in [9.17, 15) is 9.59 Å². The van der Waals surface area contributed by atoms with E-state index in [0.717, 1.165) is 16.7 Å². The molecule has 0 aromatic heterocycles. The smallest absolute Gasteiger partial charge is 0.256 e. The van der Waals surface area contributed by atoms with Crippen LogP contribution in [0.2, 0.25) is 0 Å². The van der Waals surface area contributed by atoms with Crippen molar-refractivity contribution in [3.63, 3.8) is 0 Å². The molecule has 0 saturated carbocycles. The van der Waals surface area contributed by atoms with Gasteiger partial charge in [-0.15, -0.1) is 0 Å². The normalized spacial score (nSPS) is 10.2. The van der Waals surface area contributed by atoms with Crippen molar-refractivity contribution in [1.29, 1.82) is 0 Å². The molecule has 0 bridgehead atoms. The van der Waals surface area contributed by atoms with E-state index in [1.165, 1.54) is 6.92 Å². The summed E-state index contributed by atoms with van der Waals surface area (Å²) in [5.41, 5.74) is 5.04. The Bertz CT molecular complexity index is 713. The van der Waals surface area contributed by atoms with Gasteiger partial charge in [0.05, 0.1) is 0 Å². The topological polar surface area (TPSA) is 58.2 Å². The van der Waals surface area contributed by atoms with Gasteiger partial charge in [0.1, 0.15) is 0 Å². The van der Waals surface area contributed by atoms with Gasteiger partial charge in [-0.05, 0) is 50.1 Å². The van der Waals surface area contributed by atoms with Crippen molar-refractivity contribution in [3.8, 4) is 0 Å². The van der Waals surface area contributed by atoms with Gasteiger partial charge in [-0.2, -0.15) is 0 Å². The van der Waals surface area contributed by atoms with E-state index in [1.54, 1.807) is 24.3 Å². The quantitative estimate of drug-likeness (QED) is 0.904. The Morgan fingerprint density at radius 2 is 1.41 bits per heavy atom. The summed E-state index contributed by atoms with van der Waals surface area (Å²) in [5.74, 6) is -0.288. The lowest BCUT2D eigenvalue weighted by Gasteiger charge is -2.12. The molecule has 114 valence electrons. The Kier molecular flexibility index (Phi) is 4.61. The highest BCUT2D eigenvalue weighted by Gasteiger charge is 2.13. The van der Waals surface area contributed by atoms with Crippen LogP contribution in [0.25, 0.3) is 0 Å². The molecule has 0 heterocycles. The molecule has 0 radical (unpaired) electrons. The van der Waals surface area contributed by atoms with E-state index >= 15 is 0 Å². The lowest BCUT2D eigenvalue weighted by Crippen LogP contribution is -2.15. The van der Waals surface area contributed by atoms with Gasteiger partial charge in [-0.1, -0.05) is 23.8 Å². The molecule has 2 amide bonds. The first kappa shape index (κ1) is 15.8. The van der Waals surface area contributed by atoms with E-state index in [-0.39, 0.29) is 11.8 Å². The molecule has 0 saturated heterocycles. The number of rotatable bonds is 3. The van der Waals surface area contributed by atoms with Crippen LogP contribution in [-0.4, -0.2) is 11.8 Å². The SMILES string of the molecule is CC(=O)Nc1cccc(NC(=O)c2c(C)cc(C)cc2C)c1. The largest absolute Gasteiger partial charge is 0.326 e. The zero-order valence-corrected chi connectivity index (χ0v) is 13.3. The van der Waals surface area contributed by atoms with Gasteiger partial charge in [-0.25, -0.2) is 0 Å². The molecule has 0 atom stereocenters. The van der Waals surface area contributed by atoms with Crippen molar-refractivity contribution in [1.82, 2.24) is 0 Å². The molecule has 22 heavy (non-hydrogen) atoms. The molecular formula is C18H20N2O2. The Balaban J connectivity index is 2.24. The predicted molar refractivity (Wildman–Crippen MR) is 89.4 cm³/mol. The second kappa shape index (κ2) is 6.43. The van der Waals surface area contributed by atoms with E-state index in [0.29, 0.717) is 16.9 Å². The number of nitrogens with one attached hydrogen (secondary N) is 2. The standard InChI is InChI=1S/C18H20N2O2/c1-11-8-12(2)17(13(3)9-11)18(22)20-16-7-5-6-15(10-16)19-14(4)21/h5-10H,1-4H3,(H,19,21)(H,20,22). The molecule has 4 nitrogen and oxygen atoms in total. The summed E-state index contributed by atoms with van der Waals surface area (Å²) in [6, 6.07) is 11.1. The number of carbonyl (C=O) groups is 2. The first-order chi connectivity index (χ1) is 10.4. The molecule has 0 aliphatic rings. The third kappa shape index (κ3) is 3.73. The maximum absolute atomic E-state index is 12.5. The zero-order chi connectivity index (χ0) is 16.3. The first-order valence-corrected chi connectivity index (χ1v) is 7.13. The summed E-state index contributed by atoms with van der Waals surface area (Å²) in [5, 5.41) is 5.58. The lowest BCUT2D eigenvalue weighted by atomic mass is 9.99. The summed E-state index contributed by atoms with van der Waals surface area (Å²) in [6.45, 7) is 7.33. The number of hydrogen-bond acceptors (Lipinski definition) is 2. The Morgan fingerprint density at radius 3 is 1.95 bits per heavy atom. The fraction of sp³-hybridized carbons (Fsp3) is 0.222. The lowest BCUT2D eigenvalue weighted by molar-refractivity contribution is -0.114. The highest BCUT2D eigenvalue weighted by molar-refractivity contribution is 6.06. The third-order valence-electron chi connectivity index (χ3n) is 3.34. The highest BCUT2D eigenvalue weighted by Crippen LogP contribution is 2.20. The Hall–Kier alpha value is -2.62. The molecule has 4 heteroatoms. The van der Waals surface area contributed by atoms with Crippen LogP contribution in [0, 0.1) is 20.8 Å². The fourth-order valence-electron chi connectivity index (χ4n) is 2.61. The van der Waals surface area contributed by atoms with Crippen molar-refractivity contribution >= 4 is 23.2 Å². The van der Waals surface area contributed by atoms with E-state index < -0.39 is 0 Å². The fourth-order valence-corrected chi connectivity index (χ4v) is 2.61. The van der Waals surface area contributed by atoms with Crippen LogP contribution in [0.15, 0.2) is 36.4 Å². The summed E-state index contributed by atoms with van der Waals surface area (Å²) in [6.07, 6.45) is 0. The van der Waals surface area contributed by atoms with Crippen molar-refractivity contribution < 1.29 is 9.59 Å². The molecule has 0 aliphatic carbocycles. The van der Waals surface area contributed by atoms with Crippen molar-refractivity contribution in [3.05, 3.63) is 58.7 Å². The van der Waals surface area contributed by atoms with Crippen LogP contribution in [0.4, 0.5) is 11.4 Å². The zero-order valence-electron chi connectivity index (χ0n) is 13.3. The number of aryl methyl sites for hydroxylation is 3. The van der Waals surface area contributed by atoms with Crippen molar-refractivity contribution in [2.75, 3.05) is 10.6 Å². The maximum Gasteiger partial charge on any atom is 0.256 e. The van der Waals surface area contributed by atoms with Crippen LogP contribution >= 0.6 is 0 Å². The molecule has 0 unspecified atom stereocenters. The molecule has 0 aliphatic heterocycles. The number of hydrogen-bond donors (Lipinski definition) is 2. The van der Waals surface area contributed by atoms with E-state index in [2.05, 4.69) is 10.6 Å². The Labute approximate surface area is 130 Å². The second-order valence-electron chi connectivity index (χ2n) is 5.49. The molecule has 2 N–H and O–H groups in total. The van der Waals surface area contributed by atoms with E-state index in [4.69, 9.17) is 0 Å². The van der Waals surface area contributed by atoms with Gasteiger partial charge in [0, 0.05) is 23.9 Å². The summed E-state index contributed by atoms with van der Waals surface area (Å²) < 4.78 is 0. The van der Waals surface area contributed by atoms with Crippen LogP contribution < -0.4 is 10.6 Å². The van der Waals surface area contributed by atoms with Gasteiger partial charge in [0.15, 0.2) is 0 Å². The second-order valence-corrected chi connectivity index (χ2v) is 5.49. The third-order valence-corrected chi connectivity index (χ3v) is 3.34. The predicted octanol–water partition coefficient (Wildman–Crippen LogP) is 3.82. The molecule has 2 rings (SSSR count). The molecule has 2 aromatic carbocycles. The van der Waals surface area contributed by atoms with Crippen molar-refractivity contribution in [2.45, 2.75) is 27.7 Å². The van der Waals surface area contributed by atoms with Crippen LogP contribution in [0.3, 0.4) is 0 Å². The minimum Gasteiger partial charge on any atom is -0.326 e. The average molecular weight is 296 g/mol. The molecule has 0 spiro atoms. The van der Waals surface area contributed by atoms with Crippen LogP contribution in [0.1, 0.15) is 34.0 Å². The van der Waals surface area contributed by atoms with Gasteiger partial charge < -0.3 is 10.6 Å². The molecular weight excluding hydrogens is 276 g/mol. The average Bonchev–Trinajstić information content (AvgIpc) is 2.36. The van der Waals surface area contributed by atoms with Crippen LogP contribution in [0.5, 0.6) is 0 Å². The van der Waals surface area contributed by atoms with Crippen LogP contribution in [-0.2, 0) is 4.79 Å². The summed E-state index contributed by atoms with van der Waals surface area (Å²) in [4.78, 5) is 23.6. The molecule has 0 fully saturated rings. The van der Waals surface area contributed by atoms with E-state index in [1.807, 2.05) is 32.9 Å². The molecule has 2 aromatic rings. The van der Waals surface area contributed by atoms with Gasteiger partial charge in [-0.3, -0.25) is 9.59 Å². The van der Waals surface area contributed by atoms with Gasteiger partial charge >= 0.3 is 0 Å². The number of carbonyl (C=O) groups excluding carboxylic acids is 2. The van der Waals surface area contributed by atoms with Gasteiger partial charge in [0.25, 0.3) is 5.91 Å². The Morgan fingerprint density at radius 1 is 0.864 bits per heavy atom. The first-order valence-electron chi connectivity index (χ1n) is 7.13. The summed E-state index contributed by atoms with van der Waals surface area (Å²) in [7, 11) is 0. The highest BCUT2D eigenvalue weighted by atomic mass is 16.2. The number of amides is 2. The summed E-state index contributed by atoms with van der Waals surface area (Å²) >= 11 is 0. The van der Waals surface area contributed by atoms with Gasteiger partial charge in [0.2, 0.25) is 5.91 Å². The maximum atomic E-state index is 12.5. The minimum atomic E-state index is -0.145. The number of benzene rings is 2. The monoisotopic (exact) mass is 296 g/mol. The minimum absolute atomic E-state index is 0.144. The number of anilines is 2. The van der Waals surface area contributed by atoms with Crippen molar-refractivity contribution in [2.24, 2.45) is 0 Å².